The standard InChI is InChI=1S/C25H25N3O4/c1-31-21-12-11-18(15-22(21)32-16-23(26)29)24-27-20-10-6-5-9-19(20)25(30)28(24)14-13-17-7-3-2-4-8-17/h2-12,15,24,27H,13-14,16H2,1H3,(H2,26,29)/t24-/m1/s1. The number of para-hydroxylation sites is 1. The number of ether oxygens (including phenoxy) is 2. The number of hydrogen-bond acceptors (Lipinski definition) is 5. The van der Waals surface area contributed by atoms with E-state index in [0.29, 0.717) is 30.0 Å². The number of amides is 2. The first kappa shape index (κ1) is 21.2. The number of primary amides is 1. The number of nitrogens with zero attached hydrogens (tertiary/aromatic N) is 1. The lowest BCUT2D eigenvalue weighted by molar-refractivity contribution is -0.119. The van der Waals surface area contributed by atoms with Crippen molar-refractivity contribution in [3.05, 3.63) is 89.5 Å². The second kappa shape index (κ2) is 9.43. The van der Waals surface area contributed by atoms with E-state index in [0.717, 1.165) is 16.8 Å². The van der Waals surface area contributed by atoms with Crippen molar-refractivity contribution in [2.75, 3.05) is 25.6 Å². The molecular weight excluding hydrogens is 406 g/mol. The molecule has 0 radical (unpaired) electrons. The average Bonchev–Trinajstić information content (AvgIpc) is 2.82. The van der Waals surface area contributed by atoms with E-state index < -0.39 is 12.1 Å². The number of anilines is 1. The van der Waals surface area contributed by atoms with Crippen LogP contribution in [0.15, 0.2) is 72.8 Å². The van der Waals surface area contributed by atoms with Gasteiger partial charge in [-0.25, -0.2) is 0 Å². The SMILES string of the molecule is COc1ccc([C@@H]2Nc3ccccc3C(=O)N2CCc2ccccc2)cc1OCC(N)=O. The molecule has 0 aromatic heterocycles. The highest BCUT2D eigenvalue weighted by Gasteiger charge is 2.33. The Kier molecular flexibility index (Phi) is 6.26. The highest BCUT2D eigenvalue weighted by atomic mass is 16.5. The van der Waals surface area contributed by atoms with Crippen LogP contribution in [0.3, 0.4) is 0 Å². The Morgan fingerprint density at radius 3 is 2.53 bits per heavy atom. The van der Waals surface area contributed by atoms with Crippen molar-refractivity contribution in [1.82, 2.24) is 4.90 Å². The zero-order chi connectivity index (χ0) is 22.5. The molecule has 0 unspecified atom stereocenters. The van der Waals surface area contributed by atoms with E-state index in [1.165, 1.54) is 7.11 Å². The monoisotopic (exact) mass is 431 g/mol. The Labute approximate surface area is 186 Å². The van der Waals surface area contributed by atoms with E-state index in [1.807, 2.05) is 65.6 Å². The third-order valence-electron chi connectivity index (χ3n) is 5.38. The van der Waals surface area contributed by atoms with Gasteiger partial charge in [-0.15, -0.1) is 0 Å². The maximum atomic E-state index is 13.4. The van der Waals surface area contributed by atoms with E-state index in [4.69, 9.17) is 15.2 Å². The lowest BCUT2D eigenvalue weighted by atomic mass is 10.0. The highest BCUT2D eigenvalue weighted by molar-refractivity contribution is 6.01. The third-order valence-corrected chi connectivity index (χ3v) is 5.38. The third kappa shape index (κ3) is 4.51. The molecule has 4 rings (SSSR count). The Morgan fingerprint density at radius 1 is 1.03 bits per heavy atom. The fourth-order valence-electron chi connectivity index (χ4n) is 3.81. The van der Waals surface area contributed by atoms with Gasteiger partial charge in [0, 0.05) is 12.2 Å². The summed E-state index contributed by atoms with van der Waals surface area (Å²) in [5, 5.41) is 3.48. The Morgan fingerprint density at radius 2 is 1.78 bits per heavy atom. The summed E-state index contributed by atoms with van der Waals surface area (Å²) in [5.74, 6) is 0.242. The van der Waals surface area contributed by atoms with Gasteiger partial charge in [0.15, 0.2) is 18.1 Å². The first-order valence-electron chi connectivity index (χ1n) is 10.4. The largest absolute Gasteiger partial charge is 0.493 e. The number of nitrogens with one attached hydrogen (secondary N) is 1. The zero-order valence-electron chi connectivity index (χ0n) is 17.8. The smallest absolute Gasteiger partial charge is 0.257 e. The molecular formula is C25H25N3O4. The van der Waals surface area contributed by atoms with Crippen LogP contribution < -0.4 is 20.5 Å². The summed E-state index contributed by atoms with van der Waals surface area (Å²) in [6.45, 7) is 0.260. The molecule has 1 aliphatic rings. The number of methoxy groups -OCH3 is 1. The molecule has 7 heteroatoms. The van der Waals surface area contributed by atoms with Crippen LogP contribution in [0.1, 0.15) is 27.7 Å². The second-order valence-corrected chi connectivity index (χ2v) is 7.49. The van der Waals surface area contributed by atoms with Gasteiger partial charge in [0.2, 0.25) is 0 Å². The molecule has 0 spiro atoms. The van der Waals surface area contributed by atoms with Crippen LogP contribution in [0, 0.1) is 0 Å². The minimum absolute atomic E-state index is 0.0456. The molecule has 3 aromatic rings. The summed E-state index contributed by atoms with van der Waals surface area (Å²) in [6.07, 6.45) is 0.302. The number of benzene rings is 3. The van der Waals surface area contributed by atoms with E-state index in [2.05, 4.69) is 5.32 Å². The number of carbonyl (C=O) groups is 2. The predicted octanol–water partition coefficient (Wildman–Crippen LogP) is 3.37. The van der Waals surface area contributed by atoms with E-state index >= 15 is 0 Å². The molecule has 0 bridgehead atoms. The first-order chi connectivity index (χ1) is 15.6. The summed E-state index contributed by atoms with van der Waals surface area (Å²) in [5.41, 5.74) is 8.60. The average molecular weight is 431 g/mol. The first-order valence-corrected chi connectivity index (χ1v) is 10.4. The van der Waals surface area contributed by atoms with Crippen molar-refractivity contribution in [2.24, 2.45) is 5.73 Å². The Hall–Kier alpha value is -4.00. The molecule has 164 valence electrons. The molecule has 0 fully saturated rings. The lowest BCUT2D eigenvalue weighted by Gasteiger charge is -2.38. The van der Waals surface area contributed by atoms with E-state index in [9.17, 15) is 9.59 Å². The van der Waals surface area contributed by atoms with Gasteiger partial charge in [-0.1, -0.05) is 48.5 Å². The number of rotatable bonds is 8. The van der Waals surface area contributed by atoms with Gasteiger partial charge in [-0.3, -0.25) is 9.59 Å². The summed E-state index contributed by atoms with van der Waals surface area (Å²) >= 11 is 0. The van der Waals surface area contributed by atoms with Gasteiger partial charge >= 0.3 is 0 Å². The van der Waals surface area contributed by atoms with E-state index in [1.54, 1.807) is 12.1 Å². The number of hydrogen-bond donors (Lipinski definition) is 2. The summed E-state index contributed by atoms with van der Waals surface area (Å²) in [7, 11) is 1.52. The zero-order valence-corrected chi connectivity index (χ0v) is 17.8. The van der Waals surface area contributed by atoms with Crippen molar-refractivity contribution in [3.63, 3.8) is 0 Å². The maximum Gasteiger partial charge on any atom is 0.257 e. The molecule has 0 saturated carbocycles. The molecule has 3 aromatic carbocycles. The lowest BCUT2D eigenvalue weighted by Crippen LogP contribution is -2.44. The van der Waals surface area contributed by atoms with Gasteiger partial charge < -0.3 is 25.4 Å². The molecule has 32 heavy (non-hydrogen) atoms. The van der Waals surface area contributed by atoms with Crippen LogP contribution in [0.5, 0.6) is 11.5 Å². The van der Waals surface area contributed by atoms with Crippen molar-refractivity contribution >= 4 is 17.5 Å². The molecule has 2 amide bonds. The van der Waals surface area contributed by atoms with Crippen LogP contribution in [-0.4, -0.2) is 37.0 Å². The maximum absolute atomic E-state index is 13.4. The van der Waals surface area contributed by atoms with Crippen molar-refractivity contribution in [2.45, 2.75) is 12.6 Å². The highest BCUT2D eigenvalue weighted by Crippen LogP contribution is 2.37. The molecule has 3 N–H and O–H groups in total. The van der Waals surface area contributed by atoms with Crippen molar-refractivity contribution in [3.8, 4) is 11.5 Å². The quantitative estimate of drug-likeness (QED) is 0.570. The predicted molar refractivity (Wildman–Crippen MR) is 122 cm³/mol. The number of nitrogens with two attached hydrogens (primary N) is 1. The Balaban J connectivity index is 1.68. The van der Waals surface area contributed by atoms with Crippen LogP contribution in [0.2, 0.25) is 0 Å². The van der Waals surface area contributed by atoms with Gasteiger partial charge in [-0.2, -0.15) is 0 Å². The molecule has 0 aliphatic carbocycles. The van der Waals surface area contributed by atoms with E-state index in [-0.39, 0.29) is 12.5 Å². The molecule has 1 atom stereocenters. The Bertz CT molecular complexity index is 1120. The van der Waals surface area contributed by atoms with Gasteiger partial charge in [0.05, 0.1) is 12.7 Å². The minimum atomic E-state index is -0.582. The van der Waals surface area contributed by atoms with Crippen molar-refractivity contribution < 1.29 is 19.1 Å². The summed E-state index contributed by atoms with van der Waals surface area (Å²) in [4.78, 5) is 26.4. The number of carbonyl (C=O) groups excluding carboxylic acids is 2. The van der Waals surface area contributed by atoms with Gasteiger partial charge in [0.1, 0.15) is 6.17 Å². The van der Waals surface area contributed by atoms with Crippen LogP contribution in [0.25, 0.3) is 0 Å². The summed E-state index contributed by atoms with van der Waals surface area (Å²) < 4.78 is 10.9. The molecule has 0 saturated heterocycles. The fraction of sp³-hybridized carbons (Fsp3) is 0.200. The van der Waals surface area contributed by atoms with Crippen LogP contribution in [-0.2, 0) is 11.2 Å². The fourth-order valence-corrected chi connectivity index (χ4v) is 3.81. The second-order valence-electron chi connectivity index (χ2n) is 7.49. The summed E-state index contributed by atoms with van der Waals surface area (Å²) in [6, 6.07) is 22.9. The molecule has 7 nitrogen and oxygen atoms in total. The molecule has 1 heterocycles. The van der Waals surface area contributed by atoms with Crippen LogP contribution in [0.4, 0.5) is 5.69 Å². The normalized spacial score (nSPS) is 15.0. The van der Waals surface area contributed by atoms with Gasteiger partial charge in [-0.05, 0) is 41.8 Å². The van der Waals surface area contributed by atoms with Gasteiger partial charge in [0.25, 0.3) is 11.8 Å². The van der Waals surface area contributed by atoms with Crippen LogP contribution >= 0.6 is 0 Å². The van der Waals surface area contributed by atoms with Crippen molar-refractivity contribution in [1.29, 1.82) is 0 Å². The minimum Gasteiger partial charge on any atom is -0.493 e. The molecule has 1 aliphatic heterocycles. The topological polar surface area (TPSA) is 93.9 Å². The number of fused-ring (bicyclic) bond motifs is 1.